The average Bonchev–Trinajstić information content (AvgIpc) is 3.71. The molecule has 3 aromatic heterocycles. The molecule has 0 bridgehead atoms. The Labute approximate surface area is 215 Å². The van der Waals surface area contributed by atoms with Gasteiger partial charge in [-0.2, -0.15) is 9.97 Å². The Morgan fingerprint density at radius 3 is 2.70 bits per heavy atom. The van der Waals surface area contributed by atoms with E-state index in [1.807, 2.05) is 6.92 Å². The van der Waals surface area contributed by atoms with Gasteiger partial charge in [0.05, 0.1) is 12.0 Å². The smallest absolute Gasteiger partial charge is 0.293 e. The second kappa shape index (κ2) is 11.0. The first-order valence-electron chi connectivity index (χ1n) is 13.2. The molecule has 12 nitrogen and oxygen atoms in total. The Morgan fingerprint density at radius 2 is 2.03 bits per heavy atom. The lowest BCUT2D eigenvalue weighted by molar-refractivity contribution is -0.142. The van der Waals surface area contributed by atoms with E-state index >= 15 is 0 Å². The lowest BCUT2D eigenvalue weighted by atomic mass is 10.1. The van der Waals surface area contributed by atoms with Gasteiger partial charge in [-0.05, 0) is 32.1 Å². The van der Waals surface area contributed by atoms with Crippen LogP contribution in [0.3, 0.4) is 0 Å². The summed E-state index contributed by atoms with van der Waals surface area (Å²) in [6.07, 6.45) is 4.67. The van der Waals surface area contributed by atoms with E-state index in [2.05, 4.69) is 34.6 Å². The number of aliphatic hydroxyl groups excluding tert-OH is 1. The van der Waals surface area contributed by atoms with E-state index in [4.69, 9.17) is 24.0 Å². The van der Waals surface area contributed by atoms with Crippen LogP contribution in [0, 0.1) is 0 Å². The molecule has 0 radical (unpaired) electrons. The summed E-state index contributed by atoms with van der Waals surface area (Å²) in [4.78, 5) is 25.5. The summed E-state index contributed by atoms with van der Waals surface area (Å²) in [5.41, 5.74) is 1.82. The largest absolute Gasteiger partial charge is 0.457 e. The zero-order valence-electron chi connectivity index (χ0n) is 21.5. The molecule has 1 aliphatic carbocycles. The van der Waals surface area contributed by atoms with E-state index < -0.39 is 24.5 Å². The van der Waals surface area contributed by atoms with Crippen molar-refractivity contribution in [3.63, 3.8) is 0 Å². The van der Waals surface area contributed by atoms with Gasteiger partial charge >= 0.3 is 0 Å². The minimum atomic E-state index is -1.18. The van der Waals surface area contributed by atoms with Crippen molar-refractivity contribution in [1.82, 2.24) is 24.7 Å². The maximum Gasteiger partial charge on any atom is 0.293 e. The summed E-state index contributed by atoms with van der Waals surface area (Å²) in [5.74, 6) is 1.49. The van der Waals surface area contributed by atoms with Crippen molar-refractivity contribution in [2.45, 2.75) is 102 Å². The molecule has 1 saturated carbocycles. The highest BCUT2D eigenvalue weighted by Crippen LogP contribution is 2.42. The maximum atomic E-state index is 11.4. The highest BCUT2D eigenvalue weighted by Gasteiger charge is 2.49. The number of hydrogen-bond donors (Lipinski definition) is 3. The molecule has 0 spiro atoms. The van der Waals surface area contributed by atoms with Crippen LogP contribution in [0.1, 0.15) is 83.1 Å². The van der Waals surface area contributed by atoms with Crippen molar-refractivity contribution in [2.75, 3.05) is 10.6 Å². The van der Waals surface area contributed by atoms with Gasteiger partial charge < -0.3 is 29.7 Å². The van der Waals surface area contributed by atoms with Gasteiger partial charge in [0, 0.05) is 18.2 Å². The third-order valence-corrected chi connectivity index (χ3v) is 7.36. The predicted octanol–water partition coefficient (Wildman–Crippen LogP) is 3.50. The Morgan fingerprint density at radius 1 is 1.24 bits per heavy atom. The Kier molecular flexibility index (Phi) is 7.56. The minimum absolute atomic E-state index is 0.224. The fourth-order valence-corrected chi connectivity index (χ4v) is 5.16. The van der Waals surface area contributed by atoms with Crippen LogP contribution in [0.5, 0.6) is 0 Å². The van der Waals surface area contributed by atoms with E-state index in [-0.39, 0.29) is 6.04 Å². The normalized spacial score (nSPS) is 24.2. The Hall–Kier alpha value is -3.25. The molecule has 1 aliphatic heterocycles. The van der Waals surface area contributed by atoms with Crippen LogP contribution < -0.4 is 10.6 Å². The van der Waals surface area contributed by atoms with E-state index in [9.17, 15) is 9.90 Å². The van der Waals surface area contributed by atoms with Crippen LogP contribution in [0.25, 0.3) is 11.2 Å². The fourth-order valence-electron chi connectivity index (χ4n) is 5.16. The number of fused-ring (bicyclic) bond motifs is 1. The minimum Gasteiger partial charge on any atom is -0.457 e. The number of carbonyl (C=O) groups is 1. The topological polar surface area (TPSA) is 149 Å². The second-order valence-corrected chi connectivity index (χ2v) is 9.71. The summed E-state index contributed by atoms with van der Waals surface area (Å²) in [7, 11) is 0. The van der Waals surface area contributed by atoms with Crippen molar-refractivity contribution in [3.05, 3.63) is 23.8 Å². The summed E-state index contributed by atoms with van der Waals surface area (Å²) in [5, 5.41) is 22.0. The van der Waals surface area contributed by atoms with Gasteiger partial charge in [0.15, 0.2) is 41.2 Å². The van der Waals surface area contributed by atoms with Gasteiger partial charge in [0.25, 0.3) is 6.47 Å². The molecule has 2 aliphatic rings. The standard InChI is InChI=1S/C25H35N7O5/c1-4-14(5-2)27-22-18-23(30-25(29-22)28-16-9-7-8-10-16)32(12-26-18)24-21(35-13-33)19(34)20(36-24)17-11-15(6-3)31-37-17/h11-14,16,19-21,24,34H,4-10H2,1-3H3,(H2,27,28,29,30)/t19-,20-,21-,24-/m1/s1. The maximum absolute atomic E-state index is 11.4. The molecule has 37 heavy (non-hydrogen) atoms. The molecule has 0 aromatic carbocycles. The number of aryl methyl sites for hydroxylation is 1. The predicted molar refractivity (Wildman–Crippen MR) is 135 cm³/mol. The van der Waals surface area contributed by atoms with Crippen molar-refractivity contribution < 1.29 is 23.9 Å². The van der Waals surface area contributed by atoms with Gasteiger partial charge in [0.1, 0.15) is 6.10 Å². The number of imidazole rings is 1. The molecule has 4 heterocycles. The molecule has 2 fully saturated rings. The zero-order valence-corrected chi connectivity index (χ0v) is 21.5. The molecule has 0 amide bonds. The van der Waals surface area contributed by atoms with E-state index in [0.29, 0.717) is 47.6 Å². The fraction of sp³-hybridized carbons (Fsp3) is 0.640. The van der Waals surface area contributed by atoms with Crippen molar-refractivity contribution in [1.29, 1.82) is 0 Å². The highest BCUT2D eigenvalue weighted by atomic mass is 16.6. The van der Waals surface area contributed by atoms with E-state index in [1.54, 1.807) is 17.0 Å². The molecule has 200 valence electrons. The van der Waals surface area contributed by atoms with E-state index in [1.165, 1.54) is 12.8 Å². The van der Waals surface area contributed by atoms with E-state index in [0.717, 1.165) is 31.4 Å². The van der Waals surface area contributed by atoms with Crippen LogP contribution in [-0.4, -0.2) is 60.5 Å². The molecular weight excluding hydrogens is 478 g/mol. The lowest BCUT2D eigenvalue weighted by Crippen LogP contribution is -2.32. The molecule has 3 N–H and O–H groups in total. The average molecular weight is 514 g/mol. The lowest BCUT2D eigenvalue weighted by Gasteiger charge is -2.21. The number of aromatic nitrogens is 5. The first kappa shape index (κ1) is 25.4. The van der Waals surface area contributed by atoms with Gasteiger partial charge in [-0.1, -0.05) is 38.8 Å². The molecule has 4 atom stereocenters. The number of nitrogens with zero attached hydrogens (tertiary/aromatic N) is 5. The second-order valence-electron chi connectivity index (χ2n) is 9.71. The summed E-state index contributed by atoms with van der Waals surface area (Å²) in [6.45, 7) is 6.51. The van der Waals surface area contributed by atoms with Gasteiger partial charge in [-0.25, -0.2) is 4.98 Å². The number of rotatable bonds is 11. The molecule has 0 unspecified atom stereocenters. The third kappa shape index (κ3) is 4.99. The Balaban J connectivity index is 1.54. The number of ether oxygens (including phenoxy) is 2. The molecule has 12 heteroatoms. The molecule has 1 saturated heterocycles. The first-order valence-corrected chi connectivity index (χ1v) is 13.2. The van der Waals surface area contributed by atoms with Crippen LogP contribution in [0.15, 0.2) is 16.9 Å². The van der Waals surface area contributed by atoms with Gasteiger partial charge in [-0.15, -0.1) is 0 Å². The molecular formula is C25H35N7O5. The quantitative estimate of drug-likeness (QED) is 0.323. The highest BCUT2D eigenvalue weighted by molar-refractivity contribution is 5.84. The number of anilines is 2. The summed E-state index contributed by atoms with van der Waals surface area (Å²) in [6, 6.07) is 2.28. The number of hydrogen-bond acceptors (Lipinski definition) is 11. The SMILES string of the molecule is CCc1cc([C@H]2O[C@@H](n3cnc4c(NC(CC)CC)nc(NC5CCCC5)nc43)[C@H](OC=O)[C@@H]2O)on1. The van der Waals surface area contributed by atoms with Gasteiger partial charge in [0.2, 0.25) is 5.95 Å². The number of nitrogens with one attached hydrogen (secondary N) is 2. The molecule has 5 rings (SSSR count). The summed E-state index contributed by atoms with van der Waals surface area (Å²) < 4.78 is 18.6. The number of aliphatic hydroxyl groups is 1. The Bertz CT molecular complexity index is 1200. The van der Waals surface area contributed by atoms with Crippen LogP contribution in [-0.2, 0) is 20.7 Å². The van der Waals surface area contributed by atoms with Crippen molar-refractivity contribution >= 4 is 29.4 Å². The van der Waals surface area contributed by atoms with Crippen LogP contribution >= 0.6 is 0 Å². The van der Waals surface area contributed by atoms with Gasteiger partial charge in [-0.3, -0.25) is 9.36 Å². The van der Waals surface area contributed by atoms with Crippen molar-refractivity contribution in [3.8, 4) is 0 Å². The summed E-state index contributed by atoms with van der Waals surface area (Å²) >= 11 is 0. The van der Waals surface area contributed by atoms with Crippen LogP contribution in [0.2, 0.25) is 0 Å². The first-order chi connectivity index (χ1) is 18.1. The van der Waals surface area contributed by atoms with Crippen molar-refractivity contribution in [2.24, 2.45) is 0 Å². The van der Waals surface area contributed by atoms with Crippen LogP contribution in [0.4, 0.5) is 11.8 Å². The third-order valence-electron chi connectivity index (χ3n) is 7.36. The number of carbonyl (C=O) groups excluding carboxylic acids is 1. The zero-order chi connectivity index (χ0) is 25.9. The molecule has 3 aromatic rings. The monoisotopic (exact) mass is 513 g/mol.